The number of carbonyl (C=O) groups is 1. The largest absolute Gasteiger partial charge is 0.497 e. The van der Waals surface area contributed by atoms with Gasteiger partial charge in [-0.2, -0.15) is 0 Å². The van der Waals surface area contributed by atoms with E-state index in [2.05, 4.69) is 0 Å². The fraction of sp³-hybridized carbons (Fsp3) is 0.235. The fourth-order valence-electron chi connectivity index (χ4n) is 2.13. The number of halogens is 1. The molecule has 0 N–H and O–H groups in total. The van der Waals surface area contributed by atoms with Gasteiger partial charge in [0.05, 0.1) is 13.2 Å². The van der Waals surface area contributed by atoms with Gasteiger partial charge in [-0.05, 0) is 42.8 Å². The first kappa shape index (κ1) is 15.4. The van der Waals surface area contributed by atoms with E-state index in [9.17, 15) is 4.79 Å². The van der Waals surface area contributed by atoms with Crippen LogP contribution in [0.25, 0.3) is 0 Å². The number of ether oxygens (including phenoxy) is 1. The zero-order valence-corrected chi connectivity index (χ0v) is 13.1. The lowest BCUT2D eigenvalue weighted by Crippen LogP contribution is -2.29. The summed E-state index contributed by atoms with van der Waals surface area (Å²) in [5, 5.41) is 0.668. The third-order valence-corrected chi connectivity index (χ3v) is 3.78. The number of carbonyl (C=O) groups excluding carboxylic acids is 1. The van der Waals surface area contributed by atoms with Crippen molar-refractivity contribution in [3.8, 4) is 5.75 Å². The molecular formula is C17H18ClNO2. The Bertz CT molecular complexity index is 642. The molecule has 2 rings (SSSR count). The van der Waals surface area contributed by atoms with Crippen molar-refractivity contribution in [3.05, 3.63) is 64.7 Å². The zero-order valence-electron chi connectivity index (χ0n) is 12.3. The summed E-state index contributed by atoms with van der Waals surface area (Å²) in [6.07, 6.45) is 0. The second-order valence-electron chi connectivity index (χ2n) is 4.88. The molecule has 0 radical (unpaired) electrons. The molecular weight excluding hydrogens is 286 g/mol. The highest BCUT2D eigenvalue weighted by Crippen LogP contribution is 2.24. The van der Waals surface area contributed by atoms with Gasteiger partial charge in [0, 0.05) is 17.6 Å². The molecule has 0 aliphatic rings. The van der Waals surface area contributed by atoms with Gasteiger partial charge in [0.25, 0.3) is 5.91 Å². The minimum atomic E-state index is -0.0672. The number of rotatable bonds is 4. The molecule has 3 nitrogen and oxygen atoms in total. The molecule has 2 aromatic rings. The highest BCUT2D eigenvalue weighted by atomic mass is 35.5. The Morgan fingerprint density at radius 1 is 1.19 bits per heavy atom. The number of nitrogens with zero attached hydrogens (tertiary/aromatic N) is 1. The minimum absolute atomic E-state index is 0.0543. The van der Waals surface area contributed by atoms with Crippen LogP contribution in [0.1, 0.15) is 28.9 Å². The van der Waals surface area contributed by atoms with Crippen LogP contribution < -0.4 is 4.74 Å². The van der Waals surface area contributed by atoms with Crippen LogP contribution in [0.4, 0.5) is 0 Å². The monoisotopic (exact) mass is 303 g/mol. The van der Waals surface area contributed by atoms with Gasteiger partial charge in [0.2, 0.25) is 0 Å². The van der Waals surface area contributed by atoms with E-state index in [1.807, 2.05) is 43.3 Å². The van der Waals surface area contributed by atoms with E-state index in [4.69, 9.17) is 16.3 Å². The lowest BCUT2D eigenvalue weighted by molar-refractivity contribution is 0.0742. The van der Waals surface area contributed by atoms with Gasteiger partial charge in [-0.15, -0.1) is 0 Å². The van der Waals surface area contributed by atoms with Crippen molar-refractivity contribution < 1.29 is 9.53 Å². The van der Waals surface area contributed by atoms with E-state index in [0.717, 1.165) is 5.56 Å². The Morgan fingerprint density at radius 3 is 2.57 bits per heavy atom. The van der Waals surface area contributed by atoms with Gasteiger partial charge in [-0.1, -0.05) is 29.8 Å². The smallest absolute Gasteiger partial charge is 0.254 e. The maximum absolute atomic E-state index is 12.5. The van der Waals surface area contributed by atoms with Crippen molar-refractivity contribution >= 4 is 17.5 Å². The lowest BCUT2D eigenvalue weighted by Gasteiger charge is -2.25. The average molecular weight is 304 g/mol. The van der Waals surface area contributed by atoms with Crippen LogP contribution in [0.5, 0.6) is 5.75 Å². The quantitative estimate of drug-likeness (QED) is 0.848. The molecule has 0 aliphatic carbocycles. The zero-order chi connectivity index (χ0) is 15.4. The topological polar surface area (TPSA) is 29.5 Å². The Balaban J connectivity index is 2.22. The van der Waals surface area contributed by atoms with E-state index >= 15 is 0 Å². The maximum Gasteiger partial charge on any atom is 0.254 e. The second kappa shape index (κ2) is 6.64. The van der Waals surface area contributed by atoms with E-state index in [0.29, 0.717) is 16.3 Å². The summed E-state index contributed by atoms with van der Waals surface area (Å²) in [7, 11) is 3.37. The highest BCUT2D eigenvalue weighted by Gasteiger charge is 2.19. The number of methoxy groups -OCH3 is 1. The second-order valence-corrected chi connectivity index (χ2v) is 5.32. The molecule has 1 unspecified atom stereocenters. The van der Waals surface area contributed by atoms with Gasteiger partial charge >= 0.3 is 0 Å². The van der Waals surface area contributed by atoms with Crippen LogP contribution in [-0.4, -0.2) is 25.0 Å². The predicted molar refractivity (Wildman–Crippen MR) is 85.0 cm³/mol. The van der Waals surface area contributed by atoms with Gasteiger partial charge in [0.1, 0.15) is 5.75 Å². The molecule has 0 bridgehead atoms. The summed E-state index contributed by atoms with van der Waals surface area (Å²) in [5.74, 6) is 0.617. The van der Waals surface area contributed by atoms with Crippen molar-refractivity contribution in [2.75, 3.05) is 14.2 Å². The highest BCUT2D eigenvalue weighted by molar-refractivity contribution is 6.30. The van der Waals surface area contributed by atoms with Gasteiger partial charge < -0.3 is 9.64 Å². The predicted octanol–water partition coefficient (Wildman–Crippen LogP) is 4.18. The normalized spacial score (nSPS) is 11.8. The standard InChI is InChI=1S/C17H18ClNO2/c1-12(13-6-4-8-15(18)10-13)19(2)17(20)14-7-5-9-16(11-14)21-3/h4-12H,1-3H3. The molecule has 1 amide bonds. The Labute approximate surface area is 130 Å². The van der Waals surface area contributed by atoms with Crippen LogP contribution >= 0.6 is 11.6 Å². The van der Waals surface area contributed by atoms with Crippen molar-refractivity contribution in [2.45, 2.75) is 13.0 Å². The van der Waals surface area contributed by atoms with Gasteiger partial charge in [-0.25, -0.2) is 0 Å². The molecule has 0 heterocycles. The number of hydrogen-bond acceptors (Lipinski definition) is 2. The van der Waals surface area contributed by atoms with Crippen LogP contribution in [0, 0.1) is 0 Å². The van der Waals surface area contributed by atoms with Crippen molar-refractivity contribution in [3.63, 3.8) is 0 Å². The third kappa shape index (κ3) is 3.56. The number of hydrogen-bond donors (Lipinski definition) is 0. The first-order chi connectivity index (χ1) is 10.0. The Hall–Kier alpha value is -2.00. The first-order valence-corrected chi connectivity index (χ1v) is 7.07. The maximum atomic E-state index is 12.5. The van der Waals surface area contributed by atoms with Crippen LogP contribution in [-0.2, 0) is 0 Å². The summed E-state index contributed by atoms with van der Waals surface area (Å²) >= 11 is 6.01. The molecule has 21 heavy (non-hydrogen) atoms. The molecule has 2 aromatic carbocycles. The summed E-state index contributed by atoms with van der Waals surface area (Å²) in [5.41, 5.74) is 1.60. The average Bonchev–Trinajstić information content (AvgIpc) is 2.52. The Kier molecular flexibility index (Phi) is 4.86. The third-order valence-electron chi connectivity index (χ3n) is 3.55. The minimum Gasteiger partial charge on any atom is -0.497 e. The molecule has 4 heteroatoms. The van der Waals surface area contributed by atoms with Gasteiger partial charge in [-0.3, -0.25) is 4.79 Å². The molecule has 0 fully saturated rings. The summed E-state index contributed by atoms with van der Waals surface area (Å²) < 4.78 is 5.16. The number of benzene rings is 2. The lowest BCUT2D eigenvalue weighted by atomic mass is 10.1. The van der Waals surface area contributed by atoms with Crippen molar-refractivity contribution in [2.24, 2.45) is 0 Å². The van der Waals surface area contributed by atoms with Crippen molar-refractivity contribution in [1.82, 2.24) is 4.90 Å². The number of amides is 1. The fourth-order valence-corrected chi connectivity index (χ4v) is 2.32. The van der Waals surface area contributed by atoms with Crippen molar-refractivity contribution in [1.29, 1.82) is 0 Å². The van der Waals surface area contributed by atoms with E-state index < -0.39 is 0 Å². The van der Waals surface area contributed by atoms with Crippen LogP contribution in [0.2, 0.25) is 5.02 Å². The summed E-state index contributed by atoms with van der Waals surface area (Å²) in [6, 6.07) is 14.6. The van der Waals surface area contributed by atoms with Crippen LogP contribution in [0.15, 0.2) is 48.5 Å². The van der Waals surface area contributed by atoms with Gasteiger partial charge in [0.15, 0.2) is 0 Å². The SMILES string of the molecule is COc1cccc(C(=O)N(C)C(C)c2cccc(Cl)c2)c1. The first-order valence-electron chi connectivity index (χ1n) is 6.69. The van der Waals surface area contributed by atoms with E-state index in [1.165, 1.54) is 0 Å². The molecule has 110 valence electrons. The van der Waals surface area contributed by atoms with E-state index in [-0.39, 0.29) is 11.9 Å². The molecule has 0 aromatic heterocycles. The summed E-state index contributed by atoms with van der Waals surface area (Å²) in [6.45, 7) is 1.98. The molecule has 1 atom stereocenters. The molecule has 0 saturated carbocycles. The van der Waals surface area contributed by atoms with Crippen LogP contribution in [0.3, 0.4) is 0 Å². The molecule has 0 aliphatic heterocycles. The molecule has 0 saturated heterocycles. The molecule has 0 spiro atoms. The summed E-state index contributed by atoms with van der Waals surface area (Å²) in [4.78, 5) is 14.2. The van der Waals surface area contributed by atoms with E-state index in [1.54, 1.807) is 31.2 Å². The Morgan fingerprint density at radius 2 is 1.90 bits per heavy atom.